The average Bonchev–Trinajstić information content (AvgIpc) is 1.69. The summed E-state index contributed by atoms with van der Waals surface area (Å²) in [6.45, 7) is 0.464. The molecule has 1 aliphatic rings. The summed E-state index contributed by atoms with van der Waals surface area (Å²) >= 11 is 0. The Morgan fingerprint density at radius 3 is 2.86 bits per heavy atom. The van der Waals surface area contributed by atoms with Gasteiger partial charge < -0.3 is 5.32 Å². The molecular weight excluding hydrogens is 92.1 g/mol. The van der Waals surface area contributed by atoms with E-state index in [9.17, 15) is 4.79 Å². The Morgan fingerprint density at radius 1 is 1.71 bits per heavy atom. The van der Waals surface area contributed by atoms with E-state index < -0.39 is 0 Å². The van der Waals surface area contributed by atoms with Crippen molar-refractivity contribution in [1.82, 2.24) is 10.6 Å². The monoisotopic (exact) mass is 96.0 g/mol. The first-order chi connectivity index (χ1) is 3.39. The molecule has 0 bridgehead atoms. The van der Waals surface area contributed by atoms with Gasteiger partial charge in [0.25, 0.3) is 0 Å². The lowest BCUT2D eigenvalue weighted by atomic mass is 10.6. The Labute approximate surface area is 41.1 Å². The highest BCUT2D eigenvalue weighted by molar-refractivity contribution is 5.77. The lowest BCUT2D eigenvalue weighted by molar-refractivity contribution is 0.245. The van der Waals surface area contributed by atoms with Crippen LogP contribution in [0.5, 0.6) is 0 Å². The van der Waals surface area contributed by atoms with Gasteiger partial charge in [0.2, 0.25) is 0 Å². The summed E-state index contributed by atoms with van der Waals surface area (Å²) in [5.41, 5.74) is 0. The summed E-state index contributed by atoms with van der Waals surface area (Å²) in [6.07, 6.45) is 0. The second-order valence-electron chi connectivity index (χ2n) is 1.11. The van der Waals surface area contributed by atoms with Gasteiger partial charge in [0.05, 0.1) is 6.54 Å². The van der Waals surface area contributed by atoms with Crippen LogP contribution in [0, 0.1) is 12.0 Å². The van der Waals surface area contributed by atoms with Gasteiger partial charge in [0.1, 0.15) is 0 Å². The van der Waals surface area contributed by atoms with Gasteiger partial charge in [-0.1, -0.05) is 5.92 Å². The normalized spacial score (nSPS) is 15.7. The Hall–Kier alpha value is -1.17. The van der Waals surface area contributed by atoms with Crippen molar-refractivity contribution < 1.29 is 4.79 Å². The Kier molecular flexibility index (Phi) is 0.868. The second kappa shape index (κ2) is 1.52. The van der Waals surface area contributed by atoms with Crippen LogP contribution in [0.25, 0.3) is 0 Å². The fourth-order valence-corrected chi connectivity index (χ4v) is 0.314. The van der Waals surface area contributed by atoms with Crippen molar-refractivity contribution in [2.24, 2.45) is 0 Å². The maximum absolute atomic E-state index is 10.1. The number of carbonyl (C=O) groups is 1. The molecule has 0 spiro atoms. The van der Waals surface area contributed by atoms with Gasteiger partial charge in [0, 0.05) is 6.04 Å². The first-order valence-electron chi connectivity index (χ1n) is 1.91. The molecule has 0 fully saturated rings. The molecule has 3 heteroatoms. The lowest BCUT2D eigenvalue weighted by Crippen LogP contribution is -2.35. The Morgan fingerprint density at radius 2 is 2.57 bits per heavy atom. The Bertz CT molecular complexity index is 142. The minimum atomic E-state index is -0.209. The standard InChI is InChI=1S/C4H4N2O/c7-4-5-2-1-3-6-4/h2H2,(H2,5,6,7). The van der Waals surface area contributed by atoms with E-state index in [-0.39, 0.29) is 6.03 Å². The van der Waals surface area contributed by atoms with E-state index in [0.717, 1.165) is 0 Å². The molecule has 0 unspecified atom stereocenters. The van der Waals surface area contributed by atoms with Crippen LogP contribution in [0.3, 0.4) is 0 Å². The molecule has 3 nitrogen and oxygen atoms in total. The maximum atomic E-state index is 10.1. The van der Waals surface area contributed by atoms with Crippen LogP contribution in [0.4, 0.5) is 4.79 Å². The van der Waals surface area contributed by atoms with Gasteiger partial charge in [-0.2, -0.15) is 0 Å². The van der Waals surface area contributed by atoms with Crippen LogP contribution in [0.2, 0.25) is 0 Å². The third-order valence-corrected chi connectivity index (χ3v) is 0.602. The predicted molar refractivity (Wildman–Crippen MR) is 24.3 cm³/mol. The summed E-state index contributed by atoms with van der Waals surface area (Å²) in [6, 6.07) is 2.21. The summed E-state index contributed by atoms with van der Waals surface area (Å²) in [7, 11) is 0. The molecule has 0 radical (unpaired) electrons. The number of carbonyl (C=O) groups excluding carboxylic acids is 1. The third kappa shape index (κ3) is 0.829. The molecular formula is C4H4N2O. The second-order valence-corrected chi connectivity index (χ2v) is 1.11. The van der Waals surface area contributed by atoms with Gasteiger partial charge in [-0.3, -0.25) is 5.32 Å². The molecule has 0 aromatic carbocycles. The number of nitrogens with one attached hydrogen (secondary N) is 2. The van der Waals surface area contributed by atoms with Crippen LogP contribution >= 0.6 is 0 Å². The van der Waals surface area contributed by atoms with Crippen molar-refractivity contribution in [3.8, 4) is 12.0 Å². The predicted octanol–water partition coefficient (Wildman–Crippen LogP) is -0.740. The quantitative estimate of drug-likeness (QED) is 0.383. The van der Waals surface area contributed by atoms with Crippen molar-refractivity contribution in [1.29, 1.82) is 0 Å². The van der Waals surface area contributed by atoms with Gasteiger partial charge in [-0.25, -0.2) is 4.79 Å². The zero-order valence-corrected chi connectivity index (χ0v) is 3.62. The van der Waals surface area contributed by atoms with E-state index in [1.54, 1.807) is 0 Å². The molecule has 0 aromatic heterocycles. The van der Waals surface area contributed by atoms with E-state index in [4.69, 9.17) is 0 Å². The molecule has 2 N–H and O–H groups in total. The highest BCUT2D eigenvalue weighted by Crippen LogP contribution is 1.65. The number of amides is 2. The van der Waals surface area contributed by atoms with Crippen LogP contribution in [0.1, 0.15) is 0 Å². The minimum absolute atomic E-state index is 0.209. The highest BCUT2D eigenvalue weighted by atomic mass is 16.2. The molecule has 1 heterocycles. The van der Waals surface area contributed by atoms with Crippen molar-refractivity contribution in [2.45, 2.75) is 0 Å². The number of hydrogen-bond donors (Lipinski definition) is 2. The molecule has 0 saturated heterocycles. The van der Waals surface area contributed by atoms with Crippen LogP contribution < -0.4 is 10.6 Å². The first kappa shape index (κ1) is 4.00. The SMILES string of the molecule is O=C1NC#CCN1. The van der Waals surface area contributed by atoms with E-state index >= 15 is 0 Å². The largest absolute Gasteiger partial charge is 0.327 e. The number of hydrogen-bond acceptors (Lipinski definition) is 1. The molecule has 2 amide bonds. The van der Waals surface area contributed by atoms with Crippen molar-refractivity contribution >= 4 is 6.03 Å². The zero-order chi connectivity index (χ0) is 5.11. The maximum Gasteiger partial charge on any atom is 0.327 e. The summed E-state index contributed by atoms with van der Waals surface area (Å²) in [5.74, 6) is 2.62. The van der Waals surface area contributed by atoms with Gasteiger partial charge in [-0.15, -0.1) is 0 Å². The van der Waals surface area contributed by atoms with Crippen LogP contribution in [-0.2, 0) is 0 Å². The van der Waals surface area contributed by atoms with E-state index in [2.05, 4.69) is 22.6 Å². The van der Waals surface area contributed by atoms with Crippen LogP contribution in [0.15, 0.2) is 0 Å². The smallest absolute Gasteiger partial charge is 0.326 e. The number of urea groups is 1. The van der Waals surface area contributed by atoms with Crippen molar-refractivity contribution in [3.63, 3.8) is 0 Å². The van der Waals surface area contributed by atoms with E-state index in [1.807, 2.05) is 0 Å². The zero-order valence-electron chi connectivity index (χ0n) is 3.62. The molecule has 0 atom stereocenters. The highest BCUT2D eigenvalue weighted by Gasteiger charge is 1.95. The molecule has 0 saturated carbocycles. The van der Waals surface area contributed by atoms with Crippen molar-refractivity contribution in [3.05, 3.63) is 0 Å². The molecule has 7 heavy (non-hydrogen) atoms. The fraction of sp³-hybridized carbons (Fsp3) is 0.250. The third-order valence-electron chi connectivity index (χ3n) is 0.602. The molecule has 0 aromatic rings. The topological polar surface area (TPSA) is 41.1 Å². The summed E-state index contributed by atoms with van der Waals surface area (Å²) in [5, 5.41) is 4.73. The average molecular weight is 96.1 g/mol. The fourth-order valence-electron chi connectivity index (χ4n) is 0.314. The van der Waals surface area contributed by atoms with E-state index in [1.165, 1.54) is 0 Å². The summed E-state index contributed by atoms with van der Waals surface area (Å²) in [4.78, 5) is 10.1. The lowest BCUT2D eigenvalue weighted by Gasteiger charge is -2.00. The van der Waals surface area contributed by atoms with E-state index in [0.29, 0.717) is 6.54 Å². The minimum Gasteiger partial charge on any atom is -0.326 e. The van der Waals surface area contributed by atoms with Crippen molar-refractivity contribution in [2.75, 3.05) is 6.54 Å². The molecule has 0 aliphatic carbocycles. The molecule has 1 aliphatic heterocycles. The van der Waals surface area contributed by atoms with Gasteiger partial charge in [0.15, 0.2) is 0 Å². The van der Waals surface area contributed by atoms with Crippen LogP contribution in [-0.4, -0.2) is 12.6 Å². The van der Waals surface area contributed by atoms with Gasteiger partial charge >= 0.3 is 6.03 Å². The molecule has 1 rings (SSSR count). The number of rotatable bonds is 0. The Balaban J connectivity index is 2.55. The van der Waals surface area contributed by atoms with Gasteiger partial charge in [-0.05, 0) is 0 Å². The first-order valence-corrected chi connectivity index (χ1v) is 1.91. The molecule has 36 valence electrons. The summed E-state index contributed by atoms with van der Waals surface area (Å²) < 4.78 is 0.